The lowest BCUT2D eigenvalue weighted by Gasteiger charge is -2.11. The summed E-state index contributed by atoms with van der Waals surface area (Å²) in [5, 5.41) is 12.3. The minimum atomic E-state index is 0.482. The number of nitrogens with zero attached hydrogens (tertiary/aromatic N) is 1. The van der Waals surface area contributed by atoms with Crippen LogP contribution in [0.4, 0.5) is 17.1 Å². The molecule has 0 heterocycles. The molecule has 3 N–H and O–H groups in total. The van der Waals surface area contributed by atoms with Gasteiger partial charge in [-0.1, -0.05) is 15.9 Å². The van der Waals surface area contributed by atoms with E-state index in [0.717, 1.165) is 15.8 Å². The average Bonchev–Trinajstić information content (AvgIpc) is 2.38. The van der Waals surface area contributed by atoms with Gasteiger partial charge in [0.25, 0.3) is 0 Å². The second-order valence-electron chi connectivity index (χ2n) is 4.46. The minimum absolute atomic E-state index is 0.482. The molecule has 0 aliphatic carbocycles. The summed E-state index contributed by atoms with van der Waals surface area (Å²) in [4.78, 5) is 0. The van der Waals surface area contributed by atoms with Gasteiger partial charge in [-0.05, 0) is 55.3 Å². The Bertz CT molecular complexity index is 649. The van der Waals surface area contributed by atoms with Crippen molar-refractivity contribution in [1.82, 2.24) is 0 Å². The van der Waals surface area contributed by atoms with E-state index in [-0.39, 0.29) is 0 Å². The van der Waals surface area contributed by atoms with Gasteiger partial charge in [0.2, 0.25) is 0 Å². The number of aryl methyl sites for hydroxylation is 2. The summed E-state index contributed by atoms with van der Waals surface area (Å²) >= 11 is 3.54. The number of benzene rings is 2. The predicted molar refractivity (Wildman–Crippen MR) is 82.5 cm³/mol. The Kier molecular flexibility index (Phi) is 3.77. The zero-order valence-electron chi connectivity index (χ0n) is 10.8. The van der Waals surface area contributed by atoms with Gasteiger partial charge in [-0.2, -0.15) is 5.26 Å². The van der Waals surface area contributed by atoms with Crippen LogP contribution in [0.25, 0.3) is 0 Å². The number of anilines is 3. The van der Waals surface area contributed by atoms with Crippen molar-refractivity contribution in [2.75, 3.05) is 11.1 Å². The Morgan fingerprint density at radius 2 is 1.74 bits per heavy atom. The fourth-order valence-electron chi connectivity index (χ4n) is 1.92. The molecule has 0 aliphatic rings. The number of nitriles is 1. The fourth-order valence-corrected chi connectivity index (χ4v) is 2.14. The second-order valence-corrected chi connectivity index (χ2v) is 5.26. The van der Waals surface area contributed by atoms with E-state index in [0.29, 0.717) is 11.3 Å². The van der Waals surface area contributed by atoms with Crippen molar-refractivity contribution in [2.45, 2.75) is 13.8 Å². The minimum Gasteiger partial charge on any atom is -0.398 e. The standard InChI is InChI=1S/C15H14BrN3/c1-9-5-13(6-10(2)15(9)16)19-12-3-4-14(18)11(7-12)8-17/h3-7,19H,18H2,1-2H3. The van der Waals surface area contributed by atoms with Crippen molar-refractivity contribution in [3.8, 4) is 6.07 Å². The Morgan fingerprint density at radius 1 is 1.11 bits per heavy atom. The maximum absolute atomic E-state index is 8.97. The lowest BCUT2D eigenvalue weighted by atomic mass is 10.1. The maximum Gasteiger partial charge on any atom is 0.101 e. The van der Waals surface area contributed by atoms with Crippen LogP contribution in [0.3, 0.4) is 0 Å². The quantitative estimate of drug-likeness (QED) is 0.814. The molecule has 0 aliphatic heterocycles. The molecule has 2 rings (SSSR count). The number of halogens is 1. The van der Waals surface area contributed by atoms with Crippen molar-refractivity contribution >= 4 is 33.0 Å². The highest BCUT2D eigenvalue weighted by molar-refractivity contribution is 9.10. The van der Waals surface area contributed by atoms with E-state index < -0.39 is 0 Å². The van der Waals surface area contributed by atoms with Crippen LogP contribution in [0, 0.1) is 25.2 Å². The lowest BCUT2D eigenvalue weighted by molar-refractivity contribution is 1.33. The van der Waals surface area contributed by atoms with Crippen LogP contribution in [-0.2, 0) is 0 Å². The number of rotatable bonds is 2. The molecule has 3 nitrogen and oxygen atoms in total. The first-order valence-corrected chi connectivity index (χ1v) is 6.64. The maximum atomic E-state index is 8.97. The highest BCUT2D eigenvalue weighted by Gasteiger charge is 2.04. The molecule has 4 heteroatoms. The molecular weight excluding hydrogens is 302 g/mol. The summed E-state index contributed by atoms with van der Waals surface area (Å²) < 4.78 is 1.12. The average molecular weight is 316 g/mol. The SMILES string of the molecule is Cc1cc(Nc2ccc(N)c(C#N)c2)cc(C)c1Br. The fraction of sp³-hybridized carbons (Fsp3) is 0.133. The molecule has 0 atom stereocenters. The van der Waals surface area contributed by atoms with Crippen LogP contribution in [0.15, 0.2) is 34.8 Å². The van der Waals surface area contributed by atoms with Crippen molar-refractivity contribution in [1.29, 1.82) is 5.26 Å². The third kappa shape index (κ3) is 2.88. The predicted octanol–water partition coefficient (Wildman–Crippen LogP) is 4.26. The van der Waals surface area contributed by atoms with Gasteiger partial charge >= 0.3 is 0 Å². The molecule has 19 heavy (non-hydrogen) atoms. The van der Waals surface area contributed by atoms with E-state index in [4.69, 9.17) is 11.0 Å². The molecule has 0 aromatic heterocycles. The molecule has 2 aromatic carbocycles. The molecular formula is C15H14BrN3. The van der Waals surface area contributed by atoms with E-state index in [2.05, 4.69) is 39.4 Å². The molecule has 0 saturated carbocycles. The first kappa shape index (κ1) is 13.4. The normalized spacial score (nSPS) is 10.0. The van der Waals surface area contributed by atoms with Crippen molar-refractivity contribution < 1.29 is 0 Å². The van der Waals surface area contributed by atoms with Crippen molar-refractivity contribution in [3.05, 3.63) is 51.5 Å². The van der Waals surface area contributed by atoms with Gasteiger partial charge in [0.1, 0.15) is 6.07 Å². The summed E-state index contributed by atoms with van der Waals surface area (Å²) in [6.45, 7) is 4.10. The van der Waals surface area contributed by atoms with Crippen LogP contribution >= 0.6 is 15.9 Å². The highest BCUT2D eigenvalue weighted by Crippen LogP contribution is 2.27. The number of nitrogens with two attached hydrogens (primary N) is 1. The van der Waals surface area contributed by atoms with E-state index in [1.165, 1.54) is 11.1 Å². The van der Waals surface area contributed by atoms with Gasteiger partial charge < -0.3 is 11.1 Å². The largest absolute Gasteiger partial charge is 0.398 e. The van der Waals surface area contributed by atoms with E-state index in [1.54, 1.807) is 12.1 Å². The third-order valence-electron chi connectivity index (χ3n) is 2.90. The summed E-state index contributed by atoms with van der Waals surface area (Å²) in [5.74, 6) is 0. The van der Waals surface area contributed by atoms with Gasteiger partial charge in [-0.25, -0.2) is 0 Å². The van der Waals surface area contributed by atoms with E-state index >= 15 is 0 Å². The molecule has 0 saturated heterocycles. The summed E-state index contributed by atoms with van der Waals surface area (Å²) in [6, 6.07) is 11.5. The summed E-state index contributed by atoms with van der Waals surface area (Å²) in [6.07, 6.45) is 0. The molecule has 0 spiro atoms. The van der Waals surface area contributed by atoms with Crippen LogP contribution in [0.2, 0.25) is 0 Å². The van der Waals surface area contributed by atoms with Gasteiger partial charge in [0, 0.05) is 21.5 Å². The first-order chi connectivity index (χ1) is 9.01. The highest BCUT2D eigenvalue weighted by atomic mass is 79.9. The Balaban J connectivity index is 2.34. The van der Waals surface area contributed by atoms with Gasteiger partial charge in [0.15, 0.2) is 0 Å². The Hall–Kier alpha value is -1.99. The molecule has 0 bridgehead atoms. The van der Waals surface area contributed by atoms with Crippen LogP contribution in [0.5, 0.6) is 0 Å². The summed E-state index contributed by atoms with van der Waals surface area (Å²) in [7, 11) is 0. The zero-order chi connectivity index (χ0) is 14.0. The van der Waals surface area contributed by atoms with Crippen LogP contribution in [0.1, 0.15) is 16.7 Å². The van der Waals surface area contributed by atoms with Crippen LogP contribution < -0.4 is 11.1 Å². The lowest BCUT2D eigenvalue weighted by Crippen LogP contribution is -1.96. The van der Waals surface area contributed by atoms with Gasteiger partial charge in [-0.15, -0.1) is 0 Å². The topological polar surface area (TPSA) is 61.8 Å². The van der Waals surface area contributed by atoms with E-state index in [9.17, 15) is 0 Å². The Morgan fingerprint density at radius 3 is 2.32 bits per heavy atom. The molecule has 2 aromatic rings. The van der Waals surface area contributed by atoms with Gasteiger partial charge in [-0.3, -0.25) is 0 Å². The Labute approximate surface area is 121 Å². The molecule has 96 valence electrons. The molecule has 0 fully saturated rings. The molecule has 0 radical (unpaired) electrons. The zero-order valence-corrected chi connectivity index (χ0v) is 12.4. The van der Waals surface area contributed by atoms with Crippen molar-refractivity contribution in [2.24, 2.45) is 0 Å². The summed E-state index contributed by atoms with van der Waals surface area (Å²) in [5.41, 5.74) is 10.9. The number of hydrogen-bond acceptors (Lipinski definition) is 3. The van der Waals surface area contributed by atoms with Crippen LogP contribution in [-0.4, -0.2) is 0 Å². The number of nitrogen functional groups attached to an aromatic ring is 1. The molecule has 0 unspecified atom stereocenters. The van der Waals surface area contributed by atoms with E-state index in [1.807, 2.05) is 19.9 Å². The number of nitrogens with one attached hydrogen (secondary N) is 1. The second kappa shape index (κ2) is 5.33. The molecule has 0 amide bonds. The van der Waals surface area contributed by atoms with Crippen molar-refractivity contribution in [3.63, 3.8) is 0 Å². The van der Waals surface area contributed by atoms with Gasteiger partial charge in [0.05, 0.1) is 5.56 Å². The first-order valence-electron chi connectivity index (χ1n) is 5.84. The number of hydrogen-bond donors (Lipinski definition) is 2. The monoisotopic (exact) mass is 315 g/mol. The third-order valence-corrected chi connectivity index (χ3v) is 4.15. The smallest absolute Gasteiger partial charge is 0.101 e.